The zero-order valence-electron chi connectivity index (χ0n) is 10.4. The Morgan fingerprint density at radius 1 is 1.26 bits per heavy atom. The van der Waals surface area contributed by atoms with Crippen molar-refractivity contribution < 1.29 is 9.59 Å². The van der Waals surface area contributed by atoms with Gasteiger partial charge in [0.15, 0.2) is 5.17 Å². The van der Waals surface area contributed by atoms with Crippen LogP contribution in [0.25, 0.3) is 0 Å². The summed E-state index contributed by atoms with van der Waals surface area (Å²) >= 11 is 1.54. The fraction of sp³-hybridized carbons (Fsp3) is 0.308. The molecule has 0 saturated heterocycles. The molecular weight excluding hydrogens is 262 g/mol. The quantitative estimate of drug-likeness (QED) is 0.863. The molecule has 1 aliphatic heterocycles. The molecule has 1 aromatic rings. The Morgan fingerprint density at radius 2 is 2.05 bits per heavy atom. The number of thioether (sulfide) groups is 1. The van der Waals surface area contributed by atoms with Gasteiger partial charge in [0.25, 0.3) is 5.91 Å². The van der Waals surface area contributed by atoms with E-state index in [4.69, 9.17) is 0 Å². The summed E-state index contributed by atoms with van der Waals surface area (Å²) in [7, 11) is 0. The van der Waals surface area contributed by atoms with E-state index in [1.54, 1.807) is 24.3 Å². The smallest absolute Gasteiger partial charge is 0.251 e. The molecule has 0 fully saturated rings. The van der Waals surface area contributed by atoms with Crippen molar-refractivity contribution in [3.05, 3.63) is 35.9 Å². The first-order valence-electron chi connectivity index (χ1n) is 6.06. The van der Waals surface area contributed by atoms with E-state index >= 15 is 0 Å². The first kappa shape index (κ1) is 13.6. The van der Waals surface area contributed by atoms with E-state index in [-0.39, 0.29) is 18.2 Å². The molecule has 2 N–H and O–H groups in total. The molecule has 1 heterocycles. The van der Waals surface area contributed by atoms with E-state index in [0.717, 1.165) is 12.3 Å². The van der Waals surface area contributed by atoms with Crippen molar-refractivity contribution in [3.8, 4) is 0 Å². The van der Waals surface area contributed by atoms with Crippen LogP contribution in [-0.2, 0) is 4.79 Å². The van der Waals surface area contributed by atoms with Crippen molar-refractivity contribution in [2.24, 2.45) is 4.99 Å². The zero-order valence-corrected chi connectivity index (χ0v) is 11.2. The molecule has 1 aliphatic rings. The number of nitrogens with one attached hydrogen (secondary N) is 2. The van der Waals surface area contributed by atoms with Crippen LogP contribution in [0, 0.1) is 0 Å². The SMILES string of the molecule is O=C(CCNC(=O)c1ccccc1)NC1=NCCS1. The number of nitrogens with zero attached hydrogens (tertiary/aromatic N) is 1. The maximum atomic E-state index is 11.7. The highest BCUT2D eigenvalue weighted by atomic mass is 32.2. The highest BCUT2D eigenvalue weighted by Crippen LogP contribution is 2.08. The van der Waals surface area contributed by atoms with Crippen molar-refractivity contribution in [1.29, 1.82) is 0 Å². The Kier molecular flexibility index (Phi) is 4.97. The zero-order chi connectivity index (χ0) is 13.5. The van der Waals surface area contributed by atoms with Crippen LogP contribution in [0.5, 0.6) is 0 Å². The van der Waals surface area contributed by atoms with E-state index in [1.165, 1.54) is 11.8 Å². The number of aliphatic imine (C=N–C) groups is 1. The molecule has 100 valence electrons. The molecule has 0 aliphatic carbocycles. The number of hydrogen-bond acceptors (Lipinski definition) is 4. The molecule has 1 aromatic carbocycles. The third kappa shape index (κ3) is 4.40. The molecule has 2 rings (SSSR count). The van der Waals surface area contributed by atoms with Crippen LogP contribution in [-0.4, -0.2) is 35.8 Å². The van der Waals surface area contributed by atoms with Crippen LogP contribution in [0.1, 0.15) is 16.8 Å². The van der Waals surface area contributed by atoms with Gasteiger partial charge in [-0.25, -0.2) is 0 Å². The summed E-state index contributed by atoms with van der Waals surface area (Å²) in [6.07, 6.45) is 0.248. The first-order valence-corrected chi connectivity index (χ1v) is 7.04. The van der Waals surface area contributed by atoms with Crippen LogP contribution in [0.4, 0.5) is 0 Å². The third-order valence-corrected chi connectivity index (χ3v) is 3.40. The van der Waals surface area contributed by atoms with E-state index in [0.29, 0.717) is 17.3 Å². The molecule has 0 unspecified atom stereocenters. The summed E-state index contributed by atoms with van der Waals surface area (Å²) in [5.74, 6) is 0.628. The van der Waals surface area contributed by atoms with Gasteiger partial charge in [-0.1, -0.05) is 30.0 Å². The van der Waals surface area contributed by atoms with E-state index in [9.17, 15) is 9.59 Å². The average Bonchev–Trinajstić information content (AvgIpc) is 2.92. The maximum absolute atomic E-state index is 11.7. The van der Waals surface area contributed by atoms with Gasteiger partial charge in [0, 0.05) is 24.3 Å². The summed E-state index contributed by atoms with van der Waals surface area (Å²) < 4.78 is 0. The topological polar surface area (TPSA) is 70.6 Å². The molecule has 2 amide bonds. The van der Waals surface area contributed by atoms with Crippen LogP contribution < -0.4 is 10.6 Å². The Hall–Kier alpha value is -1.82. The first-order chi connectivity index (χ1) is 9.25. The number of benzene rings is 1. The normalized spacial score (nSPS) is 13.8. The van der Waals surface area contributed by atoms with Gasteiger partial charge in [0.05, 0.1) is 6.54 Å². The molecule has 0 spiro atoms. The Balaban J connectivity index is 1.68. The molecule has 19 heavy (non-hydrogen) atoms. The monoisotopic (exact) mass is 277 g/mol. The predicted molar refractivity (Wildman–Crippen MR) is 76.3 cm³/mol. The summed E-state index contributed by atoms with van der Waals surface area (Å²) in [6, 6.07) is 8.93. The molecule has 0 bridgehead atoms. The van der Waals surface area contributed by atoms with Gasteiger partial charge >= 0.3 is 0 Å². The van der Waals surface area contributed by atoms with Crippen LogP contribution >= 0.6 is 11.8 Å². The Bertz CT molecular complexity index is 488. The van der Waals surface area contributed by atoms with Gasteiger partial charge in [-0.2, -0.15) is 0 Å². The maximum Gasteiger partial charge on any atom is 0.251 e. The minimum atomic E-state index is -0.166. The van der Waals surface area contributed by atoms with Crippen molar-refractivity contribution in [1.82, 2.24) is 10.6 Å². The van der Waals surface area contributed by atoms with Crippen LogP contribution in [0.15, 0.2) is 35.3 Å². The molecule has 0 atom stereocenters. The predicted octanol–water partition coefficient (Wildman–Crippen LogP) is 1.03. The van der Waals surface area contributed by atoms with E-state index < -0.39 is 0 Å². The number of carbonyl (C=O) groups excluding carboxylic acids is 2. The summed E-state index contributed by atoms with van der Waals surface area (Å²) in [5, 5.41) is 6.10. The van der Waals surface area contributed by atoms with Crippen molar-refractivity contribution in [2.45, 2.75) is 6.42 Å². The van der Waals surface area contributed by atoms with Crippen molar-refractivity contribution >= 4 is 28.7 Å². The lowest BCUT2D eigenvalue weighted by Gasteiger charge is -2.06. The Labute approximate surface area is 115 Å². The highest BCUT2D eigenvalue weighted by Gasteiger charge is 2.11. The van der Waals surface area contributed by atoms with Crippen molar-refractivity contribution in [2.75, 3.05) is 18.8 Å². The lowest BCUT2D eigenvalue weighted by atomic mass is 10.2. The number of hydrogen-bond donors (Lipinski definition) is 2. The number of rotatable bonds is 4. The molecule has 0 aromatic heterocycles. The van der Waals surface area contributed by atoms with Gasteiger partial charge in [-0.05, 0) is 12.1 Å². The number of amidine groups is 1. The van der Waals surface area contributed by atoms with E-state index in [2.05, 4.69) is 15.6 Å². The fourth-order valence-electron chi connectivity index (χ4n) is 1.57. The second kappa shape index (κ2) is 6.94. The molecular formula is C13H15N3O2S. The molecule has 6 heteroatoms. The van der Waals surface area contributed by atoms with E-state index in [1.807, 2.05) is 6.07 Å². The lowest BCUT2D eigenvalue weighted by Crippen LogP contribution is -2.32. The van der Waals surface area contributed by atoms with Crippen molar-refractivity contribution in [3.63, 3.8) is 0 Å². The van der Waals surface area contributed by atoms with Crippen LogP contribution in [0.2, 0.25) is 0 Å². The van der Waals surface area contributed by atoms with Crippen LogP contribution in [0.3, 0.4) is 0 Å². The number of carbonyl (C=O) groups is 2. The summed E-state index contributed by atoms with van der Waals surface area (Å²) in [4.78, 5) is 27.4. The standard InChI is InChI=1S/C13H15N3O2S/c17-11(16-13-15-8-9-19-13)6-7-14-12(18)10-4-2-1-3-5-10/h1-5H,6-9H2,(H,14,18)(H,15,16,17). The van der Waals surface area contributed by atoms with Gasteiger partial charge in [-0.3, -0.25) is 14.6 Å². The van der Waals surface area contributed by atoms with Gasteiger partial charge in [-0.15, -0.1) is 0 Å². The lowest BCUT2D eigenvalue weighted by molar-refractivity contribution is -0.119. The molecule has 5 nitrogen and oxygen atoms in total. The van der Waals surface area contributed by atoms with Gasteiger partial charge in [0.2, 0.25) is 5.91 Å². The molecule has 0 radical (unpaired) electrons. The second-order valence-corrected chi connectivity index (χ2v) is 5.04. The minimum absolute atomic E-state index is 0.124. The van der Waals surface area contributed by atoms with Gasteiger partial charge < -0.3 is 10.6 Å². The largest absolute Gasteiger partial charge is 0.352 e. The number of amides is 2. The molecule has 0 saturated carbocycles. The fourth-order valence-corrected chi connectivity index (χ4v) is 2.32. The summed E-state index contributed by atoms with van der Waals surface area (Å²) in [5.41, 5.74) is 0.596. The second-order valence-electron chi connectivity index (χ2n) is 3.96. The third-order valence-electron chi connectivity index (χ3n) is 2.51. The van der Waals surface area contributed by atoms with Gasteiger partial charge in [0.1, 0.15) is 0 Å². The Morgan fingerprint density at radius 3 is 2.74 bits per heavy atom. The summed E-state index contributed by atoms with van der Waals surface area (Å²) in [6.45, 7) is 1.07. The minimum Gasteiger partial charge on any atom is -0.352 e. The average molecular weight is 277 g/mol. The highest BCUT2D eigenvalue weighted by molar-refractivity contribution is 8.14.